The molecule has 100 valence electrons. The standard InChI is InChI=1S/C13H17FN2O.ClH/c1-16(13(17)11-8-15-9-11)7-6-10-2-4-12(14)5-3-10;/h2-5,11,15H,6-9H2,1H3;1H. The van der Waals surface area contributed by atoms with Crippen molar-refractivity contribution in [3.63, 3.8) is 0 Å². The van der Waals surface area contributed by atoms with E-state index in [-0.39, 0.29) is 30.0 Å². The molecule has 1 N–H and O–H groups in total. The van der Waals surface area contributed by atoms with Crippen molar-refractivity contribution in [3.05, 3.63) is 35.6 Å². The van der Waals surface area contributed by atoms with Crippen molar-refractivity contribution in [2.24, 2.45) is 5.92 Å². The monoisotopic (exact) mass is 272 g/mol. The number of halogens is 2. The van der Waals surface area contributed by atoms with Crippen LogP contribution in [0.25, 0.3) is 0 Å². The summed E-state index contributed by atoms with van der Waals surface area (Å²) in [5, 5.41) is 3.09. The molecule has 1 amide bonds. The Balaban J connectivity index is 0.00000162. The fourth-order valence-electron chi connectivity index (χ4n) is 1.83. The van der Waals surface area contributed by atoms with Crippen LogP contribution in [0.4, 0.5) is 4.39 Å². The molecule has 1 saturated heterocycles. The Morgan fingerprint density at radius 3 is 2.50 bits per heavy atom. The number of likely N-dealkylation sites (N-methyl/N-ethyl adjacent to an activating group) is 1. The third-order valence-electron chi connectivity index (χ3n) is 3.16. The highest BCUT2D eigenvalue weighted by atomic mass is 35.5. The maximum Gasteiger partial charge on any atom is 0.228 e. The van der Waals surface area contributed by atoms with Gasteiger partial charge in [0, 0.05) is 26.7 Å². The van der Waals surface area contributed by atoms with Crippen molar-refractivity contribution in [3.8, 4) is 0 Å². The van der Waals surface area contributed by atoms with Gasteiger partial charge in [0.05, 0.1) is 5.92 Å². The van der Waals surface area contributed by atoms with E-state index in [2.05, 4.69) is 5.32 Å². The molecule has 0 aromatic heterocycles. The highest BCUT2D eigenvalue weighted by Gasteiger charge is 2.27. The Kier molecular flexibility index (Phi) is 5.56. The predicted molar refractivity (Wildman–Crippen MR) is 71.3 cm³/mol. The fraction of sp³-hybridized carbons (Fsp3) is 0.462. The summed E-state index contributed by atoms with van der Waals surface area (Å²) < 4.78 is 12.7. The van der Waals surface area contributed by atoms with E-state index in [1.807, 2.05) is 7.05 Å². The number of carbonyl (C=O) groups is 1. The highest BCUT2D eigenvalue weighted by molar-refractivity contribution is 5.85. The molecule has 0 atom stereocenters. The average Bonchev–Trinajstić information content (AvgIpc) is 2.25. The molecule has 0 spiro atoms. The number of benzene rings is 1. The molecular formula is C13H18ClFN2O. The lowest BCUT2D eigenvalue weighted by Gasteiger charge is -2.30. The molecule has 1 aliphatic heterocycles. The van der Waals surface area contributed by atoms with Gasteiger partial charge in [-0.2, -0.15) is 0 Å². The first kappa shape index (κ1) is 14.9. The molecule has 1 aromatic carbocycles. The van der Waals surface area contributed by atoms with E-state index in [1.54, 1.807) is 17.0 Å². The van der Waals surface area contributed by atoms with Crippen LogP contribution in [0, 0.1) is 11.7 Å². The zero-order valence-corrected chi connectivity index (χ0v) is 11.2. The van der Waals surface area contributed by atoms with Crippen LogP contribution in [0.3, 0.4) is 0 Å². The molecule has 5 heteroatoms. The van der Waals surface area contributed by atoms with Crippen molar-refractivity contribution >= 4 is 18.3 Å². The number of rotatable bonds is 4. The molecule has 2 rings (SSSR count). The second-order valence-electron chi connectivity index (χ2n) is 4.49. The Bertz CT molecular complexity index is 392. The van der Waals surface area contributed by atoms with Gasteiger partial charge in [0.15, 0.2) is 0 Å². The smallest absolute Gasteiger partial charge is 0.228 e. The largest absolute Gasteiger partial charge is 0.345 e. The van der Waals surface area contributed by atoms with Gasteiger partial charge in [-0.25, -0.2) is 4.39 Å². The van der Waals surface area contributed by atoms with Crippen LogP contribution in [-0.2, 0) is 11.2 Å². The van der Waals surface area contributed by atoms with Crippen molar-refractivity contribution in [2.75, 3.05) is 26.7 Å². The van der Waals surface area contributed by atoms with Gasteiger partial charge in [-0.05, 0) is 24.1 Å². The van der Waals surface area contributed by atoms with Crippen LogP contribution in [0.2, 0.25) is 0 Å². The summed E-state index contributed by atoms with van der Waals surface area (Å²) in [5.41, 5.74) is 1.05. The van der Waals surface area contributed by atoms with Gasteiger partial charge < -0.3 is 10.2 Å². The van der Waals surface area contributed by atoms with Gasteiger partial charge in [0.1, 0.15) is 5.82 Å². The Labute approximate surface area is 113 Å². The van der Waals surface area contributed by atoms with Gasteiger partial charge >= 0.3 is 0 Å². The van der Waals surface area contributed by atoms with Gasteiger partial charge in [-0.3, -0.25) is 4.79 Å². The van der Waals surface area contributed by atoms with Crippen molar-refractivity contribution in [1.29, 1.82) is 0 Å². The summed E-state index contributed by atoms with van der Waals surface area (Å²) in [6, 6.07) is 6.43. The number of hydrogen-bond acceptors (Lipinski definition) is 2. The van der Waals surface area contributed by atoms with E-state index in [0.29, 0.717) is 6.54 Å². The van der Waals surface area contributed by atoms with Gasteiger partial charge in [-0.15, -0.1) is 12.4 Å². The van der Waals surface area contributed by atoms with Crippen LogP contribution >= 0.6 is 12.4 Å². The van der Waals surface area contributed by atoms with Crippen LogP contribution < -0.4 is 5.32 Å². The van der Waals surface area contributed by atoms with E-state index < -0.39 is 0 Å². The number of nitrogens with one attached hydrogen (secondary N) is 1. The third-order valence-corrected chi connectivity index (χ3v) is 3.16. The zero-order chi connectivity index (χ0) is 12.3. The molecule has 1 aliphatic rings. The highest BCUT2D eigenvalue weighted by Crippen LogP contribution is 2.09. The SMILES string of the molecule is CN(CCc1ccc(F)cc1)C(=O)C1CNC1.Cl. The summed E-state index contributed by atoms with van der Waals surface area (Å²) in [7, 11) is 1.82. The third kappa shape index (κ3) is 3.68. The van der Waals surface area contributed by atoms with Gasteiger partial charge in [-0.1, -0.05) is 12.1 Å². The molecule has 0 aliphatic carbocycles. The molecule has 0 unspecified atom stereocenters. The van der Waals surface area contributed by atoms with Crippen molar-refractivity contribution in [2.45, 2.75) is 6.42 Å². The lowest BCUT2D eigenvalue weighted by molar-refractivity contribution is -0.135. The first-order chi connectivity index (χ1) is 8.16. The average molecular weight is 273 g/mol. The molecule has 1 heterocycles. The van der Waals surface area contributed by atoms with Crippen LogP contribution in [0.1, 0.15) is 5.56 Å². The van der Waals surface area contributed by atoms with Crippen molar-refractivity contribution < 1.29 is 9.18 Å². The number of hydrogen-bond donors (Lipinski definition) is 1. The van der Waals surface area contributed by atoms with Crippen molar-refractivity contribution in [1.82, 2.24) is 10.2 Å². The predicted octanol–water partition coefficient (Wildman–Crippen LogP) is 1.47. The molecule has 1 fully saturated rings. The van der Waals surface area contributed by atoms with Crippen LogP contribution in [0.5, 0.6) is 0 Å². The number of nitrogens with zero attached hydrogens (tertiary/aromatic N) is 1. The maximum atomic E-state index is 12.7. The lowest BCUT2D eigenvalue weighted by Crippen LogP contribution is -2.51. The Hall–Kier alpha value is -1.13. The lowest BCUT2D eigenvalue weighted by atomic mass is 10.0. The first-order valence-corrected chi connectivity index (χ1v) is 5.87. The minimum atomic E-state index is -0.223. The van der Waals surface area contributed by atoms with E-state index in [4.69, 9.17) is 0 Å². The van der Waals surface area contributed by atoms with Gasteiger partial charge in [0.2, 0.25) is 5.91 Å². The quantitative estimate of drug-likeness (QED) is 0.900. The minimum Gasteiger partial charge on any atom is -0.345 e. The minimum absolute atomic E-state index is 0. The number of carbonyl (C=O) groups excluding carboxylic acids is 1. The summed E-state index contributed by atoms with van der Waals surface area (Å²) in [6.07, 6.45) is 0.767. The van der Waals surface area contributed by atoms with E-state index in [0.717, 1.165) is 25.1 Å². The fourth-order valence-corrected chi connectivity index (χ4v) is 1.83. The molecule has 0 radical (unpaired) electrons. The maximum absolute atomic E-state index is 12.7. The molecule has 1 aromatic rings. The Morgan fingerprint density at radius 1 is 1.39 bits per heavy atom. The summed E-state index contributed by atoms with van der Waals surface area (Å²) >= 11 is 0. The van der Waals surface area contributed by atoms with Crippen LogP contribution in [-0.4, -0.2) is 37.5 Å². The topological polar surface area (TPSA) is 32.3 Å². The van der Waals surface area contributed by atoms with E-state index >= 15 is 0 Å². The summed E-state index contributed by atoms with van der Waals surface area (Å²) in [6.45, 7) is 2.26. The molecule has 0 bridgehead atoms. The normalized spacial score (nSPS) is 14.6. The first-order valence-electron chi connectivity index (χ1n) is 5.87. The summed E-state index contributed by atoms with van der Waals surface area (Å²) in [5.74, 6) is 0.123. The second-order valence-corrected chi connectivity index (χ2v) is 4.49. The van der Waals surface area contributed by atoms with E-state index in [9.17, 15) is 9.18 Å². The summed E-state index contributed by atoms with van der Waals surface area (Å²) in [4.78, 5) is 13.6. The number of amides is 1. The second kappa shape index (κ2) is 6.71. The Morgan fingerprint density at radius 2 is 2.00 bits per heavy atom. The molecule has 3 nitrogen and oxygen atoms in total. The van der Waals surface area contributed by atoms with Crippen LogP contribution in [0.15, 0.2) is 24.3 Å². The van der Waals surface area contributed by atoms with Gasteiger partial charge in [0.25, 0.3) is 0 Å². The molecular weight excluding hydrogens is 255 g/mol. The van der Waals surface area contributed by atoms with E-state index in [1.165, 1.54) is 12.1 Å². The molecule has 18 heavy (non-hydrogen) atoms. The zero-order valence-electron chi connectivity index (χ0n) is 10.4. The molecule has 0 saturated carbocycles.